The number of aliphatic imine (C=N–C) groups is 1. The monoisotopic (exact) mass is 479 g/mol. The highest BCUT2D eigenvalue weighted by Crippen LogP contribution is 2.30. The van der Waals surface area contributed by atoms with Gasteiger partial charge in [0.2, 0.25) is 5.91 Å². The minimum atomic E-state index is 0. The molecule has 3 N–H and O–H groups in total. The van der Waals surface area contributed by atoms with Gasteiger partial charge < -0.3 is 16.0 Å². The van der Waals surface area contributed by atoms with Crippen LogP contribution in [0, 0.1) is 11.8 Å². The molecule has 2 unspecified atom stereocenters. The molecule has 2 rings (SSSR count). The van der Waals surface area contributed by atoms with Crippen LogP contribution in [0.2, 0.25) is 0 Å². The second kappa shape index (κ2) is 12.8. The van der Waals surface area contributed by atoms with Crippen molar-refractivity contribution >= 4 is 35.8 Å². The Hall–Kier alpha value is -0.570. The third-order valence-electron chi connectivity index (χ3n) is 5.69. The van der Waals surface area contributed by atoms with Crippen molar-refractivity contribution < 1.29 is 4.79 Å². The van der Waals surface area contributed by atoms with E-state index < -0.39 is 0 Å². The van der Waals surface area contributed by atoms with Crippen LogP contribution in [-0.2, 0) is 4.79 Å². The van der Waals surface area contributed by atoms with Crippen molar-refractivity contribution in [1.29, 1.82) is 0 Å². The van der Waals surface area contributed by atoms with Crippen molar-refractivity contribution in [2.24, 2.45) is 16.8 Å². The number of carbonyl (C=O) groups is 1. The number of piperidine rings is 1. The number of guanidine groups is 1. The normalized spacial score (nSPS) is 25.3. The van der Waals surface area contributed by atoms with E-state index in [1.165, 1.54) is 32.1 Å². The molecule has 1 aliphatic carbocycles. The summed E-state index contributed by atoms with van der Waals surface area (Å²) in [6.45, 7) is 5.82. The maximum absolute atomic E-state index is 11.5. The first-order valence-corrected chi connectivity index (χ1v) is 10.0. The van der Waals surface area contributed by atoms with Crippen molar-refractivity contribution in [2.75, 3.05) is 40.3 Å². The smallest absolute Gasteiger partial charge is 0.233 e. The van der Waals surface area contributed by atoms with Gasteiger partial charge in [-0.3, -0.25) is 14.7 Å². The zero-order valence-corrected chi connectivity index (χ0v) is 19.1. The predicted molar refractivity (Wildman–Crippen MR) is 119 cm³/mol. The van der Waals surface area contributed by atoms with Gasteiger partial charge >= 0.3 is 0 Å². The fourth-order valence-corrected chi connectivity index (χ4v) is 4.12. The Morgan fingerprint density at radius 2 is 1.92 bits per heavy atom. The molecule has 2 aliphatic rings. The van der Waals surface area contributed by atoms with Gasteiger partial charge in [-0.1, -0.05) is 26.2 Å². The van der Waals surface area contributed by atoms with Crippen LogP contribution in [0.15, 0.2) is 4.99 Å². The number of halogens is 1. The number of likely N-dealkylation sites (tertiary alicyclic amines) is 1. The first-order valence-electron chi connectivity index (χ1n) is 10.0. The SMILES string of the molecule is CN=C(NCCC1CCCC(C)C1)NC1CCN(CC(=O)NC)CC1.I. The van der Waals surface area contributed by atoms with E-state index in [-0.39, 0.29) is 29.9 Å². The van der Waals surface area contributed by atoms with E-state index in [2.05, 4.69) is 32.8 Å². The fourth-order valence-electron chi connectivity index (χ4n) is 4.12. The standard InChI is InChI=1S/C19H37N5O.HI/c1-15-5-4-6-16(13-15)7-10-22-19(21-3)23-17-8-11-24(12-9-17)14-18(25)20-2;/h15-17H,4-14H2,1-3H3,(H,20,25)(H2,21,22,23);1H. The molecule has 0 aromatic rings. The van der Waals surface area contributed by atoms with Crippen molar-refractivity contribution in [1.82, 2.24) is 20.9 Å². The Balaban J connectivity index is 0.00000338. The molecule has 0 aromatic carbocycles. The minimum absolute atomic E-state index is 0. The van der Waals surface area contributed by atoms with Gasteiger partial charge in [0.05, 0.1) is 6.54 Å². The second-order valence-corrected chi connectivity index (χ2v) is 7.79. The summed E-state index contributed by atoms with van der Waals surface area (Å²) in [7, 11) is 3.54. The van der Waals surface area contributed by atoms with Crippen LogP contribution >= 0.6 is 24.0 Å². The molecule has 2 fully saturated rings. The molecule has 0 aromatic heterocycles. The maximum atomic E-state index is 11.5. The highest BCUT2D eigenvalue weighted by molar-refractivity contribution is 14.0. The van der Waals surface area contributed by atoms with E-state index >= 15 is 0 Å². The van der Waals surface area contributed by atoms with Crippen molar-refractivity contribution in [3.8, 4) is 0 Å². The minimum Gasteiger partial charge on any atom is -0.358 e. The highest BCUT2D eigenvalue weighted by atomic mass is 127. The molecule has 152 valence electrons. The van der Waals surface area contributed by atoms with E-state index in [0.717, 1.165) is 50.3 Å². The molecule has 1 aliphatic heterocycles. The summed E-state index contributed by atoms with van der Waals surface area (Å²) in [4.78, 5) is 18.1. The zero-order chi connectivity index (χ0) is 18.1. The molecule has 2 atom stereocenters. The molecule has 26 heavy (non-hydrogen) atoms. The molecule has 1 saturated carbocycles. The third kappa shape index (κ3) is 8.41. The van der Waals surface area contributed by atoms with Gasteiger partial charge in [-0.15, -0.1) is 24.0 Å². The van der Waals surface area contributed by atoms with E-state index in [1.54, 1.807) is 7.05 Å². The summed E-state index contributed by atoms with van der Waals surface area (Å²) in [6, 6.07) is 0.446. The van der Waals surface area contributed by atoms with Gasteiger partial charge in [0.25, 0.3) is 0 Å². The Bertz CT molecular complexity index is 438. The molecule has 1 saturated heterocycles. The third-order valence-corrected chi connectivity index (χ3v) is 5.69. The second-order valence-electron chi connectivity index (χ2n) is 7.79. The number of likely N-dealkylation sites (N-methyl/N-ethyl adjacent to an activating group) is 1. The number of nitrogens with one attached hydrogen (secondary N) is 3. The fraction of sp³-hybridized carbons (Fsp3) is 0.895. The summed E-state index contributed by atoms with van der Waals surface area (Å²) in [5.74, 6) is 2.80. The van der Waals surface area contributed by atoms with Gasteiger partial charge in [-0.2, -0.15) is 0 Å². The van der Waals surface area contributed by atoms with Crippen LogP contribution in [0.3, 0.4) is 0 Å². The topological polar surface area (TPSA) is 68.8 Å². The van der Waals surface area contributed by atoms with E-state index in [4.69, 9.17) is 0 Å². The first kappa shape index (κ1) is 23.5. The summed E-state index contributed by atoms with van der Waals surface area (Å²) in [5.41, 5.74) is 0. The average molecular weight is 479 g/mol. The van der Waals surface area contributed by atoms with Gasteiger partial charge in [-0.05, 0) is 37.5 Å². The Morgan fingerprint density at radius 1 is 1.19 bits per heavy atom. The quantitative estimate of drug-likeness (QED) is 0.311. The van der Waals surface area contributed by atoms with Crippen LogP contribution < -0.4 is 16.0 Å². The van der Waals surface area contributed by atoms with E-state index in [9.17, 15) is 4.79 Å². The lowest BCUT2D eigenvalue weighted by molar-refractivity contribution is -0.122. The zero-order valence-electron chi connectivity index (χ0n) is 16.7. The van der Waals surface area contributed by atoms with Gasteiger partial charge in [0, 0.05) is 39.8 Å². The molecule has 1 amide bonds. The summed E-state index contributed by atoms with van der Waals surface area (Å²) < 4.78 is 0. The molecule has 6 nitrogen and oxygen atoms in total. The molecular formula is C19H38IN5O. The first-order chi connectivity index (χ1) is 12.1. The lowest BCUT2D eigenvalue weighted by Crippen LogP contribution is -2.50. The maximum Gasteiger partial charge on any atom is 0.233 e. The van der Waals surface area contributed by atoms with Crippen LogP contribution in [0.5, 0.6) is 0 Å². The van der Waals surface area contributed by atoms with Crippen LogP contribution in [-0.4, -0.2) is 63.1 Å². The van der Waals surface area contributed by atoms with E-state index in [1.807, 2.05) is 7.05 Å². The van der Waals surface area contributed by atoms with Gasteiger partial charge in [-0.25, -0.2) is 0 Å². The van der Waals surface area contributed by atoms with Crippen LogP contribution in [0.4, 0.5) is 0 Å². The highest BCUT2D eigenvalue weighted by Gasteiger charge is 2.22. The number of amides is 1. The van der Waals surface area contributed by atoms with Crippen LogP contribution in [0.25, 0.3) is 0 Å². The number of nitrogens with zero attached hydrogens (tertiary/aromatic N) is 2. The Kier molecular flexibility index (Phi) is 11.5. The summed E-state index contributed by atoms with van der Waals surface area (Å²) in [5, 5.41) is 9.74. The van der Waals surface area contributed by atoms with Gasteiger partial charge in [0.15, 0.2) is 5.96 Å². The lowest BCUT2D eigenvalue weighted by atomic mass is 9.81. The largest absolute Gasteiger partial charge is 0.358 e. The molecule has 7 heteroatoms. The number of hydrogen-bond acceptors (Lipinski definition) is 3. The summed E-state index contributed by atoms with van der Waals surface area (Å²) >= 11 is 0. The number of carbonyl (C=O) groups excluding carboxylic acids is 1. The Morgan fingerprint density at radius 3 is 2.54 bits per heavy atom. The molecule has 0 spiro atoms. The van der Waals surface area contributed by atoms with Gasteiger partial charge in [0.1, 0.15) is 0 Å². The number of rotatable bonds is 6. The summed E-state index contributed by atoms with van der Waals surface area (Å²) in [6.07, 6.45) is 8.93. The molecule has 0 radical (unpaired) electrons. The van der Waals surface area contributed by atoms with Crippen molar-refractivity contribution in [3.63, 3.8) is 0 Å². The average Bonchev–Trinajstić information content (AvgIpc) is 2.62. The molecule has 1 heterocycles. The van der Waals surface area contributed by atoms with E-state index in [0.29, 0.717) is 12.6 Å². The number of hydrogen-bond donors (Lipinski definition) is 3. The lowest BCUT2D eigenvalue weighted by Gasteiger charge is -2.32. The molecular weight excluding hydrogens is 441 g/mol. The van der Waals surface area contributed by atoms with Crippen molar-refractivity contribution in [3.05, 3.63) is 0 Å². The molecule has 0 bridgehead atoms. The Labute approximate surface area is 176 Å². The van der Waals surface area contributed by atoms with Crippen molar-refractivity contribution in [2.45, 2.75) is 57.9 Å². The van der Waals surface area contributed by atoms with Crippen LogP contribution in [0.1, 0.15) is 51.9 Å². The predicted octanol–water partition coefficient (Wildman–Crippen LogP) is 2.20.